The van der Waals surface area contributed by atoms with Crippen LogP contribution in [0.5, 0.6) is 0 Å². The average Bonchev–Trinajstić information content (AvgIpc) is 2.87. The third kappa shape index (κ3) is 3.67. The average molecular weight is 444 g/mol. The van der Waals surface area contributed by atoms with Gasteiger partial charge in [-0.05, 0) is 36.4 Å². The van der Waals surface area contributed by atoms with Crippen LogP contribution in [-0.2, 0) is 0 Å². The number of hydrogen-bond donors (Lipinski definition) is 4. The molecule has 0 spiro atoms. The highest BCUT2D eigenvalue weighted by Gasteiger charge is 2.09. The molecule has 0 aromatic heterocycles. The summed E-state index contributed by atoms with van der Waals surface area (Å²) in [6.07, 6.45) is 3.29. The molecule has 0 heterocycles. The van der Waals surface area contributed by atoms with Crippen molar-refractivity contribution in [3.63, 3.8) is 0 Å². The van der Waals surface area contributed by atoms with E-state index in [2.05, 4.69) is 10.6 Å². The Morgan fingerprint density at radius 2 is 0.912 bits per heavy atom. The second-order valence-electron chi connectivity index (χ2n) is 7.87. The van der Waals surface area contributed by atoms with E-state index in [1.54, 1.807) is 36.7 Å². The minimum absolute atomic E-state index is 0.0159. The van der Waals surface area contributed by atoms with E-state index in [9.17, 15) is 9.59 Å². The molecule has 3 aliphatic carbocycles. The third-order valence-corrected chi connectivity index (χ3v) is 5.75. The summed E-state index contributed by atoms with van der Waals surface area (Å²) in [4.78, 5) is 26.7. The monoisotopic (exact) mass is 444 g/mol. The minimum atomic E-state index is -0.416. The van der Waals surface area contributed by atoms with E-state index in [1.807, 2.05) is 60.7 Å². The lowest BCUT2D eigenvalue weighted by Gasteiger charge is -2.01. The van der Waals surface area contributed by atoms with Crippen LogP contribution in [0.2, 0.25) is 0 Å². The molecule has 0 atom stereocenters. The standard InChI is InChI=1S/C28H20N4O2/c29-25-17(15-31-19-7-3-1-4-8-19)11-13-21-23(25)27(33)22-14-12-18(26(30)24(22)28(21)34)16-32-20-9-5-2-6-10-20/h1-16,29-32H. The van der Waals surface area contributed by atoms with Crippen LogP contribution in [0, 0.1) is 31.7 Å². The Morgan fingerprint density at radius 1 is 0.529 bits per heavy atom. The van der Waals surface area contributed by atoms with Crippen molar-refractivity contribution >= 4 is 23.8 Å². The predicted octanol–water partition coefficient (Wildman–Crippen LogP) is 1.39. The summed E-state index contributed by atoms with van der Waals surface area (Å²) >= 11 is 0. The van der Waals surface area contributed by atoms with Gasteiger partial charge in [0, 0.05) is 44.6 Å². The zero-order chi connectivity index (χ0) is 23.7. The number of nitrogens with one attached hydrogen (secondary N) is 4. The molecule has 6 heteroatoms. The van der Waals surface area contributed by atoms with Crippen molar-refractivity contribution in [1.29, 1.82) is 10.8 Å². The van der Waals surface area contributed by atoms with Crippen LogP contribution in [0.15, 0.2) is 94.5 Å². The maximum atomic E-state index is 13.3. The molecule has 164 valence electrons. The van der Waals surface area contributed by atoms with E-state index in [1.165, 1.54) is 0 Å². The van der Waals surface area contributed by atoms with Gasteiger partial charge in [-0.15, -0.1) is 0 Å². The largest absolute Gasteiger partial charge is 0.361 e. The summed E-state index contributed by atoms with van der Waals surface area (Å²) in [6, 6.07) is 25.3. The van der Waals surface area contributed by atoms with Gasteiger partial charge in [0.05, 0.1) is 21.2 Å². The van der Waals surface area contributed by atoms with Gasteiger partial charge in [0.2, 0.25) is 0 Å². The molecule has 0 bridgehead atoms. The molecular formula is C28H20N4O2. The first-order valence-electron chi connectivity index (χ1n) is 10.7. The van der Waals surface area contributed by atoms with Crippen molar-refractivity contribution in [3.05, 3.63) is 147 Å². The molecule has 2 aromatic carbocycles. The summed E-state index contributed by atoms with van der Waals surface area (Å²) in [5, 5.41) is 24.8. The van der Waals surface area contributed by atoms with E-state index < -0.39 is 10.9 Å². The fraction of sp³-hybridized carbons (Fsp3) is 0. The SMILES string of the molecule is N=c1c(=CNc2ccccc2)ccc2c(=O)c3c(=N)c(=CNc4ccccc4)ccc=3c(=O)c1=2. The molecule has 0 aliphatic heterocycles. The molecule has 3 aliphatic rings. The Labute approximate surface area is 192 Å². The molecule has 0 unspecified atom stereocenters. The van der Waals surface area contributed by atoms with Gasteiger partial charge in [0.15, 0.2) is 10.9 Å². The number of anilines is 2. The van der Waals surface area contributed by atoms with Crippen molar-refractivity contribution in [3.8, 4) is 0 Å². The normalized spacial score (nSPS) is 12.4. The summed E-state index contributed by atoms with van der Waals surface area (Å²) in [6.45, 7) is 0. The van der Waals surface area contributed by atoms with Crippen LogP contribution in [0.4, 0.5) is 11.4 Å². The second-order valence-corrected chi connectivity index (χ2v) is 7.87. The predicted molar refractivity (Wildman–Crippen MR) is 132 cm³/mol. The Kier molecular flexibility index (Phi) is 5.32. The Balaban J connectivity index is 1.73. The first-order chi connectivity index (χ1) is 16.5. The van der Waals surface area contributed by atoms with Crippen LogP contribution >= 0.6 is 0 Å². The molecule has 4 N–H and O–H groups in total. The number of benzene rings is 2. The van der Waals surface area contributed by atoms with Gasteiger partial charge in [0.1, 0.15) is 0 Å². The van der Waals surface area contributed by atoms with Crippen LogP contribution in [-0.4, -0.2) is 0 Å². The second kappa shape index (κ2) is 8.60. The molecule has 6 nitrogen and oxygen atoms in total. The Hall–Kier alpha value is -4.84. The topological polar surface area (TPSA) is 106 Å². The van der Waals surface area contributed by atoms with Crippen molar-refractivity contribution in [2.75, 3.05) is 10.6 Å². The summed E-state index contributed by atoms with van der Waals surface area (Å²) in [5.74, 6) is 0. The molecule has 0 amide bonds. The van der Waals surface area contributed by atoms with E-state index in [4.69, 9.17) is 10.8 Å². The summed E-state index contributed by atoms with van der Waals surface area (Å²) in [5.41, 5.74) is 0.861. The molecule has 5 rings (SSSR count). The summed E-state index contributed by atoms with van der Waals surface area (Å²) in [7, 11) is 0. The molecule has 0 saturated carbocycles. The molecule has 0 radical (unpaired) electrons. The first-order valence-corrected chi connectivity index (χ1v) is 10.7. The first kappa shape index (κ1) is 21.0. The number of para-hydroxylation sites is 2. The smallest absolute Gasteiger partial charge is 0.196 e. The minimum Gasteiger partial charge on any atom is -0.361 e. The van der Waals surface area contributed by atoms with Crippen LogP contribution < -0.4 is 42.6 Å². The fourth-order valence-electron chi connectivity index (χ4n) is 3.99. The highest BCUT2D eigenvalue weighted by Crippen LogP contribution is 2.04. The van der Waals surface area contributed by atoms with Crippen molar-refractivity contribution < 1.29 is 0 Å². The van der Waals surface area contributed by atoms with Crippen LogP contribution in [0.3, 0.4) is 0 Å². The molecule has 2 aromatic rings. The molecule has 34 heavy (non-hydrogen) atoms. The Morgan fingerprint density at radius 3 is 1.29 bits per heavy atom. The number of rotatable bonds is 4. The van der Waals surface area contributed by atoms with Gasteiger partial charge in [-0.2, -0.15) is 0 Å². The highest BCUT2D eigenvalue weighted by molar-refractivity contribution is 5.54. The van der Waals surface area contributed by atoms with Crippen LogP contribution in [0.25, 0.3) is 12.4 Å². The third-order valence-electron chi connectivity index (χ3n) is 5.75. The van der Waals surface area contributed by atoms with Gasteiger partial charge in [-0.3, -0.25) is 20.4 Å². The van der Waals surface area contributed by atoms with Gasteiger partial charge in [-0.25, -0.2) is 0 Å². The molecular weight excluding hydrogens is 424 g/mol. The van der Waals surface area contributed by atoms with Crippen molar-refractivity contribution in [2.24, 2.45) is 0 Å². The van der Waals surface area contributed by atoms with E-state index in [-0.39, 0.29) is 31.6 Å². The molecule has 0 fully saturated rings. The van der Waals surface area contributed by atoms with Gasteiger partial charge >= 0.3 is 0 Å². The van der Waals surface area contributed by atoms with Crippen molar-refractivity contribution in [1.82, 2.24) is 0 Å². The molecule has 0 saturated heterocycles. The zero-order valence-electron chi connectivity index (χ0n) is 18.1. The quantitative estimate of drug-likeness (QED) is 0.336. The number of hydrogen-bond acceptors (Lipinski definition) is 6. The van der Waals surface area contributed by atoms with Crippen LogP contribution in [0.1, 0.15) is 0 Å². The van der Waals surface area contributed by atoms with Gasteiger partial charge in [0.25, 0.3) is 0 Å². The Bertz CT molecular complexity index is 1830. The van der Waals surface area contributed by atoms with Gasteiger partial charge in [-0.1, -0.05) is 48.5 Å². The zero-order valence-corrected chi connectivity index (χ0v) is 18.1. The maximum absolute atomic E-state index is 13.3. The maximum Gasteiger partial charge on any atom is 0.196 e. The summed E-state index contributed by atoms with van der Waals surface area (Å²) < 4.78 is 0. The van der Waals surface area contributed by atoms with E-state index in [0.717, 1.165) is 11.4 Å². The lowest BCUT2D eigenvalue weighted by Crippen LogP contribution is -2.37. The fourth-order valence-corrected chi connectivity index (χ4v) is 3.99. The highest BCUT2D eigenvalue weighted by atomic mass is 16.1. The lowest BCUT2D eigenvalue weighted by atomic mass is 10.0. The van der Waals surface area contributed by atoms with Gasteiger partial charge < -0.3 is 10.6 Å². The van der Waals surface area contributed by atoms with E-state index >= 15 is 0 Å². The lowest BCUT2D eigenvalue weighted by molar-refractivity contribution is 1.11. The van der Waals surface area contributed by atoms with E-state index in [0.29, 0.717) is 10.4 Å². The van der Waals surface area contributed by atoms with Crippen molar-refractivity contribution in [2.45, 2.75) is 0 Å².